The third-order valence-electron chi connectivity index (χ3n) is 4.56. The molecule has 2 aromatic carbocycles. The van der Waals surface area contributed by atoms with Crippen molar-refractivity contribution in [2.45, 2.75) is 13.1 Å². The maximum absolute atomic E-state index is 12.4. The summed E-state index contributed by atoms with van der Waals surface area (Å²) in [6.07, 6.45) is 0. The molecule has 0 atom stereocenters. The van der Waals surface area contributed by atoms with Gasteiger partial charge in [-0.3, -0.25) is 9.69 Å². The Bertz CT molecular complexity index is 755. The lowest BCUT2D eigenvalue weighted by molar-refractivity contribution is 0.1000. The van der Waals surface area contributed by atoms with Gasteiger partial charge in [-0.05, 0) is 23.3 Å². The molecule has 3 rings (SSSR count). The average molecular weight is 352 g/mol. The number of nitrogens with one attached hydrogen (secondary N) is 1. The number of primary amides is 1. The molecule has 1 saturated heterocycles. The normalized spacial score (nSPS) is 14.8. The Balaban J connectivity index is 1.45. The van der Waals surface area contributed by atoms with Gasteiger partial charge < -0.3 is 16.0 Å². The summed E-state index contributed by atoms with van der Waals surface area (Å²) in [7, 11) is 0. The van der Waals surface area contributed by atoms with Crippen LogP contribution in [0.2, 0.25) is 0 Å². The molecule has 3 amide bonds. The van der Waals surface area contributed by atoms with Crippen LogP contribution in [0.15, 0.2) is 54.6 Å². The van der Waals surface area contributed by atoms with Crippen LogP contribution in [0.1, 0.15) is 21.5 Å². The molecule has 136 valence electrons. The zero-order valence-electron chi connectivity index (χ0n) is 14.7. The fraction of sp³-hybridized carbons (Fsp3) is 0.300. The van der Waals surface area contributed by atoms with Crippen LogP contribution in [0.5, 0.6) is 0 Å². The fourth-order valence-electron chi connectivity index (χ4n) is 3.07. The highest BCUT2D eigenvalue weighted by Gasteiger charge is 2.20. The summed E-state index contributed by atoms with van der Waals surface area (Å²) in [5.74, 6) is -0.465. The third kappa shape index (κ3) is 4.83. The number of hydrogen-bond acceptors (Lipinski definition) is 3. The predicted molar refractivity (Wildman–Crippen MR) is 100 cm³/mol. The van der Waals surface area contributed by atoms with Crippen molar-refractivity contribution in [3.63, 3.8) is 0 Å². The van der Waals surface area contributed by atoms with Crippen LogP contribution in [0, 0.1) is 0 Å². The Morgan fingerprint density at radius 2 is 1.62 bits per heavy atom. The summed E-state index contributed by atoms with van der Waals surface area (Å²) >= 11 is 0. The first-order chi connectivity index (χ1) is 12.6. The molecule has 0 aliphatic carbocycles. The second kappa shape index (κ2) is 8.49. The van der Waals surface area contributed by atoms with Crippen LogP contribution in [-0.4, -0.2) is 47.9 Å². The number of hydrogen-bond donors (Lipinski definition) is 2. The second-order valence-corrected chi connectivity index (χ2v) is 6.47. The van der Waals surface area contributed by atoms with Gasteiger partial charge >= 0.3 is 6.03 Å². The SMILES string of the molecule is NC(=O)c1cccc(CNC(=O)N2CCN(Cc3ccccc3)CC2)c1. The minimum atomic E-state index is -0.465. The second-order valence-electron chi connectivity index (χ2n) is 6.47. The number of nitrogens with zero attached hydrogens (tertiary/aromatic N) is 2. The van der Waals surface area contributed by atoms with E-state index in [2.05, 4.69) is 22.3 Å². The Kier molecular flexibility index (Phi) is 5.86. The first-order valence-corrected chi connectivity index (χ1v) is 8.79. The van der Waals surface area contributed by atoms with Crippen molar-refractivity contribution >= 4 is 11.9 Å². The molecule has 0 aromatic heterocycles. The highest BCUT2D eigenvalue weighted by Crippen LogP contribution is 2.09. The molecule has 2 aromatic rings. The molecule has 0 spiro atoms. The number of urea groups is 1. The average Bonchev–Trinajstić information content (AvgIpc) is 2.68. The van der Waals surface area contributed by atoms with E-state index >= 15 is 0 Å². The van der Waals surface area contributed by atoms with Crippen LogP contribution >= 0.6 is 0 Å². The van der Waals surface area contributed by atoms with E-state index in [9.17, 15) is 9.59 Å². The van der Waals surface area contributed by atoms with E-state index in [1.54, 1.807) is 18.2 Å². The molecule has 1 aliphatic rings. The van der Waals surface area contributed by atoms with E-state index in [0.29, 0.717) is 25.2 Å². The number of piperazine rings is 1. The molecule has 0 unspecified atom stereocenters. The summed E-state index contributed by atoms with van der Waals surface area (Å²) < 4.78 is 0. The largest absolute Gasteiger partial charge is 0.366 e. The van der Waals surface area contributed by atoms with E-state index < -0.39 is 5.91 Å². The Hall–Kier alpha value is -2.86. The van der Waals surface area contributed by atoms with Crippen molar-refractivity contribution in [1.29, 1.82) is 0 Å². The number of carbonyl (C=O) groups excluding carboxylic acids is 2. The van der Waals surface area contributed by atoms with Crippen molar-refractivity contribution in [1.82, 2.24) is 15.1 Å². The van der Waals surface area contributed by atoms with Gasteiger partial charge in [0.2, 0.25) is 5.91 Å². The molecular formula is C20H24N4O2. The van der Waals surface area contributed by atoms with Gasteiger partial charge in [0.1, 0.15) is 0 Å². The number of rotatable bonds is 5. The van der Waals surface area contributed by atoms with Gasteiger partial charge in [0.15, 0.2) is 0 Å². The van der Waals surface area contributed by atoms with Crippen molar-refractivity contribution < 1.29 is 9.59 Å². The van der Waals surface area contributed by atoms with E-state index in [-0.39, 0.29) is 6.03 Å². The molecule has 26 heavy (non-hydrogen) atoms. The van der Waals surface area contributed by atoms with Crippen molar-refractivity contribution in [2.24, 2.45) is 5.73 Å². The molecule has 0 saturated carbocycles. The van der Waals surface area contributed by atoms with Gasteiger partial charge in [0.05, 0.1) is 0 Å². The molecule has 6 nitrogen and oxygen atoms in total. The third-order valence-corrected chi connectivity index (χ3v) is 4.56. The molecular weight excluding hydrogens is 328 g/mol. The zero-order valence-corrected chi connectivity index (χ0v) is 14.7. The first-order valence-electron chi connectivity index (χ1n) is 8.79. The van der Waals surface area contributed by atoms with Gasteiger partial charge in [-0.25, -0.2) is 4.79 Å². The lowest BCUT2D eigenvalue weighted by Crippen LogP contribution is -2.51. The monoisotopic (exact) mass is 352 g/mol. The molecule has 1 heterocycles. The Morgan fingerprint density at radius 1 is 0.923 bits per heavy atom. The van der Waals surface area contributed by atoms with Crippen LogP contribution in [0.3, 0.4) is 0 Å². The van der Waals surface area contributed by atoms with Crippen molar-refractivity contribution in [2.75, 3.05) is 26.2 Å². The summed E-state index contributed by atoms with van der Waals surface area (Å²) in [6, 6.07) is 17.3. The number of benzene rings is 2. The highest BCUT2D eigenvalue weighted by molar-refractivity contribution is 5.92. The summed E-state index contributed by atoms with van der Waals surface area (Å²) in [4.78, 5) is 27.8. The molecule has 1 fully saturated rings. The van der Waals surface area contributed by atoms with Crippen LogP contribution in [-0.2, 0) is 13.1 Å². The highest BCUT2D eigenvalue weighted by atomic mass is 16.2. The maximum Gasteiger partial charge on any atom is 0.317 e. The van der Waals surface area contributed by atoms with Crippen LogP contribution in [0.4, 0.5) is 4.79 Å². The van der Waals surface area contributed by atoms with Gasteiger partial charge in [-0.1, -0.05) is 42.5 Å². The standard InChI is InChI=1S/C20H24N4O2/c21-19(25)18-8-4-7-17(13-18)14-22-20(26)24-11-9-23(10-12-24)15-16-5-2-1-3-6-16/h1-8,13H,9-12,14-15H2,(H2,21,25)(H,22,26). The molecule has 3 N–H and O–H groups in total. The number of nitrogens with two attached hydrogens (primary N) is 1. The van der Waals surface area contributed by atoms with Crippen LogP contribution < -0.4 is 11.1 Å². The van der Waals surface area contributed by atoms with Crippen molar-refractivity contribution in [3.8, 4) is 0 Å². The summed E-state index contributed by atoms with van der Waals surface area (Å²) in [6.45, 7) is 4.43. The summed E-state index contributed by atoms with van der Waals surface area (Å²) in [5.41, 5.74) is 7.88. The fourth-order valence-corrected chi connectivity index (χ4v) is 3.07. The van der Waals surface area contributed by atoms with E-state index in [0.717, 1.165) is 25.2 Å². The van der Waals surface area contributed by atoms with Gasteiger partial charge in [-0.2, -0.15) is 0 Å². The minimum absolute atomic E-state index is 0.0751. The van der Waals surface area contributed by atoms with Crippen LogP contribution in [0.25, 0.3) is 0 Å². The number of carbonyl (C=O) groups is 2. The van der Waals surface area contributed by atoms with E-state index in [4.69, 9.17) is 5.73 Å². The quantitative estimate of drug-likeness (QED) is 0.861. The summed E-state index contributed by atoms with van der Waals surface area (Å²) in [5, 5.41) is 2.92. The van der Waals surface area contributed by atoms with Gasteiger partial charge in [0.25, 0.3) is 0 Å². The van der Waals surface area contributed by atoms with E-state index in [1.807, 2.05) is 29.2 Å². The van der Waals surface area contributed by atoms with Gasteiger partial charge in [-0.15, -0.1) is 0 Å². The zero-order chi connectivity index (χ0) is 18.4. The topological polar surface area (TPSA) is 78.7 Å². The Labute approximate surface area is 153 Å². The lowest BCUT2D eigenvalue weighted by Gasteiger charge is -2.34. The van der Waals surface area contributed by atoms with Gasteiger partial charge in [0, 0.05) is 44.8 Å². The molecule has 6 heteroatoms. The molecule has 0 bridgehead atoms. The number of amides is 3. The van der Waals surface area contributed by atoms with Crippen molar-refractivity contribution in [3.05, 3.63) is 71.3 Å². The Morgan fingerprint density at radius 3 is 2.31 bits per heavy atom. The molecule has 1 aliphatic heterocycles. The lowest BCUT2D eigenvalue weighted by atomic mass is 10.1. The molecule has 0 radical (unpaired) electrons. The maximum atomic E-state index is 12.4. The first kappa shape index (κ1) is 17.9. The smallest absolute Gasteiger partial charge is 0.317 e. The minimum Gasteiger partial charge on any atom is -0.366 e. The van der Waals surface area contributed by atoms with E-state index in [1.165, 1.54) is 5.56 Å². The predicted octanol–water partition coefficient (Wildman–Crippen LogP) is 1.81.